The molecule has 1 aromatic carbocycles. The Morgan fingerprint density at radius 3 is 2.80 bits per heavy atom. The Hall–Kier alpha value is -2.19. The normalized spacial score (nSPS) is 21.6. The van der Waals surface area contributed by atoms with Crippen LogP contribution in [0.4, 0.5) is 4.39 Å². The molecule has 132 valence electrons. The number of halogens is 1. The Bertz CT molecular complexity index is 689. The van der Waals surface area contributed by atoms with Gasteiger partial charge in [0.05, 0.1) is 5.56 Å². The van der Waals surface area contributed by atoms with Crippen molar-refractivity contribution in [2.75, 3.05) is 26.2 Å². The van der Waals surface area contributed by atoms with E-state index in [-0.39, 0.29) is 17.5 Å². The topological polar surface area (TPSA) is 47.3 Å². The van der Waals surface area contributed by atoms with Crippen LogP contribution in [0.15, 0.2) is 24.3 Å². The first-order chi connectivity index (χ1) is 12.2. The van der Waals surface area contributed by atoms with Crippen LogP contribution in [0.5, 0.6) is 0 Å². The molecule has 0 saturated carbocycles. The van der Waals surface area contributed by atoms with Crippen molar-refractivity contribution in [3.05, 3.63) is 41.2 Å². The molecule has 2 fully saturated rings. The summed E-state index contributed by atoms with van der Waals surface area (Å²) >= 11 is 0. The molecule has 0 N–H and O–H groups in total. The van der Waals surface area contributed by atoms with Crippen LogP contribution in [0.3, 0.4) is 0 Å². The second-order valence-electron chi connectivity index (χ2n) is 6.87. The largest absolute Gasteiger partial charge is 0.335 e. The van der Waals surface area contributed by atoms with E-state index < -0.39 is 5.82 Å². The minimum atomic E-state index is -0.535. The third kappa shape index (κ3) is 4.46. The molecule has 1 atom stereocenters. The van der Waals surface area contributed by atoms with E-state index in [2.05, 4.69) is 4.90 Å². The highest BCUT2D eigenvalue weighted by Crippen LogP contribution is 2.21. The third-order valence-electron chi connectivity index (χ3n) is 5.11. The maximum absolute atomic E-state index is 13.4. The predicted molar refractivity (Wildman–Crippen MR) is 95.2 cm³/mol. The Morgan fingerprint density at radius 1 is 1.24 bits per heavy atom. The number of carbonyl (C=O) groups excluding carboxylic acids is 1. The van der Waals surface area contributed by atoms with Crippen molar-refractivity contribution in [1.29, 1.82) is 5.26 Å². The lowest BCUT2D eigenvalue weighted by molar-refractivity contribution is -0.127. The van der Waals surface area contributed by atoms with Gasteiger partial charge in [-0.3, -0.25) is 4.79 Å². The Balaban J connectivity index is 1.62. The van der Waals surface area contributed by atoms with Gasteiger partial charge in [0.15, 0.2) is 0 Å². The number of amides is 1. The van der Waals surface area contributed by atoms with Crippen molar-refractivity contribution in [2.45, 2.75) is 38.1 Å². The van der Waals surface area contributed by atoms with Gasteiger partial charge < -0.3 is 9.80 Å². The maximum Gasteiger partial charge on any atom is 0.246 e. The van der Waals surface area contributed by atoms with Crippen LogP contribution in [0, 0.1) is 17.1 Å². The molecule has 2 heterocycles. The van der Waals surface area contributed by atoms with E-state index in [1.807, 2.05) is 11.0 Å². The van der Waals surface area contributed by atoms with Gasteiger partial charge in [-0.2, -0.15) is 5.26 Å². The first kappa shape index (κ1) is 17.6. The summed E-state index contributed by atoms with van der Waals surface area (Å²) in [6, 6.07) is 6.42. The molecule has 0 bridgehead atoms. The fraction of sp³-hybridized carbons (Fsp3) is 0.500. The average molecular weight is 341 g/mol. The predicted octanol–water partition coefficient (Wildman–Crippen LogP) is 3.19. The summed E-state index contributed by atoms with van der Waals surface area (Å²) in [4.78, 5) is 17.0. The second kappa shape index (κ2) is 8.26. The number of piperidine rings is 1. The molecule has 1 amide bonds. The van der Waals surface area contributed by atoms with E-state index in [4.69, 9.17) is 5.26 Å². The summed E-state index contributed by atoms with van der Waals surface area (Å²) in [6.45, 7) is 4.05. The lowest BCUT2D eigenvalue weighted by atomic mass is 10.1. The average Bonchev–Trinajstić information content (AvgIpc) is 3.10. The van der Waals surface area contributed by atoms with Gasteiger partial charge in [-0.1, -0.05) is 12.5 Å². The van der Waals surface area contributed by atoms with Crippen molar-refractivity contribution in [3.8, 4) is 6.07 Å². The van der Waals surface area contributed by atoms with E-state index in [0.29, 0.717) is 5.56 Å². The van der Waals surface area contributed by atoms with Gasteiger partial charge in [0.25, 0.3) is 0 Å². The second-order valence-corrected chi connectivity index (χ2v) is 6.87. The van der Waals surface area contributed by atoms with Crippen LogP contribution < -0.4 is 0 Å². The minimum absolute atomic E-state index is 0.00116. The van der Waals surface area contributed by atoms with Crippen molar-refractivity contribution >= 4 is 12.0 Å². The molecular weight excluding hydrogens is 317 g/mol. The van der Waals surface area contributed by atoms with Crippen molar-refractivity contribution < 1.29 is 9.18 Å². The number of rotatable bonds is 4. The quantitative estimate of drug-likeness (QED) is 0.790. The molecule has 1 aromatic rings. The highest BCUT2D eigenvalue weighted by atomic mass is 19.1. The molecule has 25 heavy (non-hydrogen) atoms. The monoisotopic (exact) mass is 341 g/mol. The zero-order valence-electron chi connectivity index (χ0n) is 14.5. The molecule has 5 heteroatoms. The summed E-state index contributed by atoms with van der Waals surface area (Å²) in [5.41, 5.74) is 0.664. The van der Waals surface area contributed by atoms with Gasteiger partial charge in [0, 0.05) is 25.2 Å². The molecule has 1 unspecified atom stereocenters. The fourth-order valence-electron chi connectivity index (χ4n) is 3.75. The highest BCUT2D eigenvalue weighted by molar-refractivity contribution is 5.92. The van der Waals surface area contributed by atoms with Crippen LogP contribution in [-0.2, 0) is 4.79 Å². The molecule has 2 aliphatic rings. The molecule has 2 aliphatic heterocycles. The summed E-state index contributed by atoms with van der Waals surface area (Å²) in [5.74, 6) is -0.533. The minimum Gasteiger partial charge on any atom is -0.335 e. The van der Waals surface area contributed by atoms with Crippen LogP contribution in [0.25, 0.3) is 6.08 Å². The molecule has 0 radical (unpaired) electrons. The van der Waals surface area contributed by atoms with E-state index in [9.17, 15) is 9.18 Å². The molecule has 0 aromatic heterocycles. The number of nitrogens with zero attached hydrogens (tertiary/aromatic N) is 3. The number of hydrogen-bond acceptors (Lipinski definition) is 3. The lowest BCUT2D eigenvalue weighted by Gasteiger charge is -2.32. The van der Waals surface area contributed by atoms with Crippen LogP contribution >= 0.6 is 0 Å². The third-order valence-corrected chi connectivity index (χ3v) is 5.11. The van der Waals surface area contributed by atoms with Gasteiger partial charge in [-0.25, -0.2) is 4.39 Å². The van der Waals surface area contributed by atoms with Gasteiger partial charge in [-0.05, 0) is 62.5 Å². The van der Waals surface area contributed by atoms with Crippen LogP contribution in [0.1, 0.15) is 43.2 Å². The van der Waals surface area contributed by atoms with Crippen LogP contribution in [-0.4, -0.2) is 47.9 Å². The summed E-state index contributed by atoms with van der Waals surface area (Å²) < 4.78 is 13.4. The SMILES string of the molecule is N#Cc1cc(/C=C/C(=O)N2CCCC2CN2CCCCC2)ccc1F. The molecule has 0 aliphatic carbocycles. The standard InChI is InChI=1S/C20H24FN3O/c21-19-8-6-16(13-17(19)14-22)7-9-20(25)24-12-4-5-18(24)15-23-10-2-1-3-11-23/h6-9,13,18H,1-5,10-12,15H2/b9-7+. The first-order valence-electron chi connectivity index (χ1n) is 9.08. The van der Waals surface area contributed by atoms with Gasteiger partial charge in [-0.15, -0.1) is 0 Å². The van der Waals surface area contributed by atoms with E-state index in [1.54, 1.807) is 18.2 Å². The Kier molecular flexibility index (Phi) is 5.83. The molecule has 3 rings (SSSR count). The smallest absolute Gasteiger partial charge is 0.246 e. The zero-order valence-corrected chi connectivity index (χ0v) is 14.5. The van der Waals surface area contributed by atoms with Crippen molar-refractivity contribution in [3.63, 3.8) is 0 Å². The number of carbonyl (C=O) groups is 1. The summed E-state index contributed by atoms with van der Waals surface area (Å²) in [5, 5.41) is 8.89. The molecule has 2 saturated heterocycles. The summed E-state index contributed by atoms with van der Waals surface area (Å²) in [6.07, 6.45) is 9.15. The Labute approximate surface area is 148 Å². The van der Waals surface area contributed by atoms with E-state index in [1.165, 1.54) is 31.4 Å². The van der Waals surface area contributed by atoms with Gasteiger partial charge in [0.1, 0.15) is 11.9 Å². The number of hydrogen-bond donors (Lipinski definition) is 0. The number of benzene rings is 1. The fourth-order valence-corrected chi connectivity index (χ4v) is 3.75. The van der Waals surface area contributed by atoms with E-state index in [0.717, 1.165) is 39.0 Å². The van der Waals surface area contributed by atoms with Crippen LogP contribution in [0.2, 0.25) is 0 Å². The number of nitriles is 1. The van der Waals surface area contributed by atoms with Gasteiger partial charge in [0.2, 0.25) is 5.91 Å². The molecular formula is C20H24FN3O. The molecule has 4 nitrogen and oxygen atoms in total. The van der Waals surface area contributed by atoms with Gasteiger partial charge >= 0.3 is 0 Å². The summed E-state index contributed by atoms with van der Waals surface area (Å²) in [7, 11) is 0. The van der Waals surface area contributed by atoms with E-state index >= 15 is 0 Å². The zero-order chi connectivity index (χ0) is 17.6. The lowest BCUT2D eigenvalue weighted by Crippen LogP contribution is -2.44. The molecule has 0 spiro atoms. The van der Waals surface area contributed by atoms with Crippen molar-refractivity contribution in [1.82, 2.24) is 9.80 Å². The highest BCUT2D eigenvalue weighted by Gasteiger charge is 2.29. The maximum atomic E-state index is 13.4. The Morgan fingerprint density at radius 2 is 2.04 bits per heavy atom. The number of likely N-dealkylation sites (tertiary alicyclic amines) is 2. The van der Waals surface area contributed by atoms with Crippen molar-refractivity contribution in [2.24, 2.45) is 0 Å². The first-order valence-corrected chi connectivity index (χ1v) is 9.08.